The van der Waals surface area contributed by atoms with Gasteiger partial charge in [0.1, 0.15) is 11.6 Å². The van der Waals surface area contributed by atoms with Crippen molar-refractivity contribution in [3.63, 3.8) is 0 Å². The molecule has 3 aliphatic rings. The Morgan fingerprint density at radius 1 is 1.21 bits per heavy atom. The van der Waals surface area contributed by atoms with Gasteiger partial charge < -0.3 is 24.7 Å². The lowest BCUT2D eigenvalue weighted by atomic mass is 9.66. The van der Waals surface area contributed by atoms with Gasteiger partial charge in [0, 0.05) is 17.3 Å². The molecule has 0 radical (unpaired) electrons. The molecule has 3 fully saturated rings. The number of halogens is 1. The highest BCUT2D eigenvalue weighted by Crippen LogP contribution is 2.63. The predicted octanol–water partition coefficient (Wildman–Crippen LogP) is 3.31. The zero-order valence-corrected chi connectivity index (χ0v) is 21.9. The van der Waals surface area contributed by atoms with Crippen molar-refractivity contribution in [2.75, 3.05) is 18.1 Å². The topological polar surface area (TPSA) is 107 Å². The van der Waals surface area contributed by atoms with Crippen LogP contribution >= 0.6 is 11.6 Å². The maximum absolute atomic E-state index is 14.5. The van der Waals surface area contributed by atoms with Crippen LogP contribution in [0.2, 0.25) is 5.02 Å². The molecular formula is C29H31ClN2O6. The molecule has 2 amide bonds. The van der Waals surface area contributed by atoms with Gasteiger partial charge in [-0.3, -0.25) is 14.4 Å². The Morgan fingerprint density at radius 2 is 1.89 bits per heavy atom. The van der Waals surface area contributed by atoms with Crippen LogP contribution < -0.4 is 4.90 Å². The quantitative estimate of drug-likeness (QED) is 0.474. The van der Waals surface area contributed by atoms with Gasteiger partial charge >= 0.3 is 5.97 Å². The lowest BCUT2D eigenvalue weighted by Gasteiger charge is -2.39. The minimum absolute atomic E-state index is 0.155. The summed E-state index contributed by atoms with van der Waals surface area (Å²) in [4.78, 5) is 44.0. The molecule has 8 nitrogen and oxygen atoms in total. The molecule has 3 heterocycles. The van der Waals surface area contributed by atoms with Crippen LogP contribution in [-0.2, 0) is 25.5 Å². The van der Waals surface area contributed by atoms with E-state index in [0.717, 1.165) is 5.56 Å². The van der Waals surface area contributed by atoms with Gasteiger partial charge in [0.25, 0.3) is 5.91 Å². The highest BCUT2D eigenvalue weighted by molar-refractivity contribution is 6.30. The van der Waals surface area contributed by atoms with Crippen molar-refractivity contribution in [2.24, 2.45) is 11.8 Å². The smallest absolute Gasteiger partial charge is 0.310 e. The molecule has 0 saturated carbocycles. The van der Waals surface area contributed by atoms with E-state index in [1.807, 2.05) is 30.3 Å². The molecule has 0 aliphatic carbocycles. The van der Waals surface area contributed by atoms with Gasteiger partial charge in [-0.25, -0.2) is 0 Å². The molecule has 5 rings (SSSR count). The summed E-state index contributed by atoms with van der Waals surface area (Å²) in [6.45, 7) is 5.27. The van der Waals surface area contributed by atoms with Gasteiger partial charge in [0.15, 0.2) is 0 Å². The molecule has 2 aromatic carbocycles. The number of aliphatic hydroxyl groups excluding tert-OH is 1. The average Bonchev–Trinajstić information content (AvgIpc) is 3.47. The number of aliphatic carboxylic acids is 1. The molecule has 200 valence electrons. The van der Waals surface area contributed by atoms with Crippen molar-refractivity contribution in [1.82, 2.24) is 4.90 Å². The number of hydrogen-bond donors (Lipinski definition) is 2. The molecule has 3 saturated heterocycles. The summed E-state index contributed by atoms with van der Waals surface area (Å²) in [5, 5.41) is 21.2. The molecule has 38 heavy (non-hydrogen) atoms. The van der Waals surface area contributed by atoms with E-state index < -0.39 is 59.5 Å². The van der Waals surface area contributed by atoms with Gasteiger partial charge in [0.05, 0.1) is 30.1 Å². The number of amides is 2. The molecule has 9 heteroatoms. The Bertz CT molecular complexity index is 1250. The SMILES string of the molecule is C=CCN(C(=O)C1N([C@@H](CO)Cc2ccccc2)C(=O)[C@@H]2[C@H](C(=O)O)[C@]3(C)CCC12O3)c1ccc(Cl)cc1. The highest BCUT2D eigenvalue weighted by Gasteiger charge is 2.78. The van der Waals surface area contributed by atoms with Crippen LogP contribution in [0.25, 0.3) is 0 Å². The fourth-order valence-electron chi connectivity index (χ4n) is 6.77. The minimum atomic E-state index is -1.32. The number of anilines is 1. The first kappa shape index (κ1) is 26.4. The zero-order valence-electron chi connectivity index (χ0n) is 21.1. The van der Waals surface area contributed by atoms with Gasteiger partial charge in [-0.15, -0.1) is 6.58 Å². The van der Waals surface area contributed by atoms with Crippen LogP contribution in [0, 0.1) is 11.8 Å². The third-order valence-corrected chi connectivity index (χ3v) is 8.60. The van der Waals surface area contributed by atoms with Gasteiger partial charge in [-0.1, -0.05) is 48.0 Å². The standard InChI is InChI=1S/C29H31ClN2O6/c1-3-15-31(20-11-9-19(30)10-12-20)26(35)24-29-14-13-28(2,38-29)23(27(36)37)22(29)25(34)32(24)21(17-33)16-18-7-5-4-6-8-18/h3-12,21-24,33H,1,13-17H2,2H3,(H,36,37)/t21-,22+,23-,24?,28+,29?/m1/s1. The van der Waals surface area contributed by atoms with Crippen molar-refractivity contribution in [1.29, 1.82) is 0 Å². The summed E-state index contributed by atoms with van der Waals surface area (Å²) in [5.41, 5.74) is -0.937. The Kier molecular flexibility index (Phi) is 6.84. The number of ether oxygens (including phenoxy) is 1. The number of carboxylic acid groups (broad SMARTS) is 1. The molecule has 2 unspecified atom stereocenters. The molecule has 3 aliphatic heterocycles. The maximum atomic E-state index is 14.5. The van der Waals surface area contributed by atoms with Crippen molar-refractivity contribution in [2.45, 2.75) is 49.5 Å². The number of carbonyl (C=O) groups excluding carboxylic acids is 2. The zero-order chi connectivity index (χ0) is 27.2. The highest BCUT2D eigenvalue weighted by atomic mass is 35.5. The molecule has 2 bridgehead atoms. The van der Waals surface area contributed by atoms with Gasteiger partial charge in [-0.05, 0) is 56.0 Å². The Balaban J connectivity index is 1.63. The number of likely N-dealkylation sites (tertiary alicyclic amines) is 1. The summed E-state index contributed by atoms with van der Waals surface area (Å²) in [6, 6.07) is 14.3. The molecule has 1 spiro atoms. The summed E-state index contributed by atoms with van der Waals surface area (Å²) in [7, 11) is 0. The van der Waals surface area contributed by atoms with Crippen molar-refractivity contribution in [3.8, 4) is 0 Å². The molecule has 6 atom stereocenters. The lowest BCUT2D eigenvalue weighted by molar-refractivity contribution is -0.155. The summed E-state index contributed by atoms with van der Waals surface area (Å²) >= 11 is 6.08. The van der Waals surface area contributed by atoms with E-state index in [1.165, 1.54) is 9.80 Å². The summed E-state index contributed by atoms with van der Waals surface area (Å²) in [5.74, 6) is -4.13. The maximum Gasteiger partial charge on any atom is 0.310 e. The van der Waals surface area contributed by atoms with Crippen LogP contribution in [0.5, 0.6) is 0 Å². The van der Waals surface area contributed by atoms with Gasteiger partial charge in [-0.2, -0.15) is 0 Å². The molecule has 0 aromatic heterocycles. The normalized spacial score (nSPS) is 30.2. The monoisotopic (exact) mass is 538 g/mol. The first-order chi connectivity index (χ1) is 18.2. The Labute approximate surface area is 226 Å². The first-order valence-corrected chi connectivity index (χ1v) is 13.1. The second-order valence-electron chi connectivity index (χ2n) is 10.6. The third kappa shape index (κ3) is 4.02. The molecule has 2 N–H and O–H groups in total. The largest absolute Gasteiger partial charge is 0.481 e. The van der Waals surface area contributed by atoms with E-state index >= 15 is 0 Å². The number of hydrogen-bond acceptors (Lipinski definition) is 5. The van der Waals surface area contributed by atoms with Crippen LogP contribution in [0.15, 0.2) is 67.3 Å². The number of carbonyl (C=O) groups is 3. The van der Waals surface area contributed by atoms with Crippen molar-refractivity contribution >= 4 is 35.1 Å². The van der Waals surface area contributed by atoms with Crippen LogP contribution in [-0.4, -0.2) is 69.3 Å². The number of carboxylic acids is 1. The lowest BCUT2D eigenvalue weighted by Crippen LogP contribution is -2.59. The Hall–Kier alpha value is -3.20. The number of fused-ring (bicyclic) bond motifs is 1. The van der Waals surface area contributed by atoms with E-state index in [0.29, 0.717) is 30.0 Å². The van der Waals surface area contributed by atoms with Crippen LogP contribution in [0.4, 0.5) is 5.69 Å². The minimum Gasteiger partial charge on any atom is -0.481 e. The van der Waals surface area contributed by atoms with E-state index in [2.05, 4.69) is 6.58 Å². The van der Waals surface area contributed by atoms with E-state index in [9.17, 15) is 24.6 Å². The second kappa shape index (κ2) is 9.84. The summed E-state index contributed by atoms with van der Waals surface area (Å²) < 4.78 is 6.49. The number of nitrogens with zero attached hydrogens (tertiary/aromatic N) is 2. The van der Waals surface area contributed by atoms with E-state index in [4.69, 9.17) is 16.3 Å². The predicted molar refractivity (Wildman–Crippen MR) is 142 cm³/mol. The molecule has 2 aromatic rings. The van der Waals surface area contributed by atoms with Gasteiger partial charge in [0.2, 0.25) is 5.91 Å². The number of benzene rings is 2. The Morgan fingerprint density at radius 3 is 2.50 bits per heavy atom. The average molecular weight is 539 g/mol. The molecular weight excluding hydrogens is 508 g/mol. The number of rotatable bonds is 9. The van der Waals surface area contributed by atoms with Crippen molar-refractivity contribution in [3.05, 3.63) is 77.8 Å². The first-order valence-electron chi connectivity index (χ1n) is 12.7. The van der Waals surface area contributed by atoms with E-state index in [-0.39, 0.29) is 6.54 Å². The van der Waals surface area contributed by atoms with Crippen molar-refractivity contribution < 1.29 is 29.3 Å². The summed E-state index contributed by atoms with van der Waals surface area (Å²) in [6.07, 6.45) is 2.66. The second-order valence-corrected chi connectivity index (χ2v) is 11.0. The third-order valence-electron chi connectivity index (χ3n) is 8.35. The fourth-order valence-corrected chi connectivity index (χ4v) is 6.90. The van der Waals surface area contributed by atoms with Crippen LogP contribution in [0.3, 0.4) is 0 Å². The van der Waals surface area contributed by atoms with Crippen LogP contribution in [0.1, 0.15) is 25.3 Å². The fraction of sp³-hybridized carbons (Fsp3) is 0.414. The number of aliphatic hydroxyl groups is 1. The van der Waals surface area contributed by atoms with E-state index in [1.54, 1.807) is 37.3 Å².